The predicted molar refractivity (Wildman–Crippen MR) is 231 cm³/mol. The number of rotatable bonds is 11. The Kier molecular flexibility index (Phi) is 12.3. The Morgan fingerprint density at radius 3 is 2.00 bits per heavy atom. The minimum absolute atomic E-state index is 0.115. The van der Waals surface area contributed by atoms with E-state index in [9.17, 15) is 0 Å². The molecule has 11 nitrogen and oxygen atoms in total. The van der Waals surface area contributed by atoms with E-state index in [1.165, 1.54) is 16.7 Å². The molecule has 4 heterocycles. The molecule has 2 unspecified atom stereocenters. The van der Waals surface area contributed by atoms with Crippen molar-refractivity contribution < 1.29 is 42.6 Å². The normalized spacial score (nSPS) is 17.3. The summed E-state index contributed by atoms with van der Waals surface area (Å²) in [7, 11) is 14.4. The molecule has 0 radical (unpaired) electrons. The average Bonchev–Trinajstić information content (AvgIpc) is 3.27. The van der Waals surface area contributed by atoms with E-state index in [4.69, 9.17) is 42.6 Å². The highest BCUT2D eigenvalue weighted by molar-refractivity contribution is 5.67. The third-order valence-electron chi connectivity index (χ3n) is 12.3. The fraction of sp³-hybridized carbons (Fsp3) is 0.388. The molecule has 0 N–H and O–H groups in total. The molecule has 60 heavy (non-hydrogen) atoms. The Morgan fingerprint density at radius 1 is 0.600 bits per heavy atom. The van der Waals surface area contributed by atoms with Crippen LogP contribution < -0.4 is 37.9 Å². The number of nitrogens with zero attached hydrogens (tertiary/aromatic N) is 2. The molecule has 4 aliphatic heterocycles. The quantitative estimate of drug-likeness (QED) is 0.120. The van der Waals surface area contributed by atoms with Gasteiger partial charge in [-0.25, -0.2) is 0 Å². The van der Waals surface area contributed by atoms with E-state index in [2.05, 4.69) is 60.3 Å². The molecule has 5 aromatic rings. The molecule has 0 aromatic heterocycles. The summed E-state index contributed by atoms with van der Waals surface area (Å²) in [6.07, 6.45) is 3.82. The van der Waals surface area contributed by atoms with E-state index >= 15 is 0 Å². The Balaban J connectivity index is 1.27. The maximum Gasteiger partial charge on any atom is 0.204 e. The van der Waals surface area contributed by atoms with E-state index in [1.807, 2.05) is 36.4 Å². The highest BCUT2D eigenvalue weighted by Gasteiger charge is 2.37. The largest absolute Gasteiger partial charge is 0.493 e. The van der Waals surface area contributed by atoms with E-state index in [0.29, 0.717) is 77.8 Å². The first kappa shape index (κ1) is 41.1. The average molecular weight is 817 g/mol. The van der Waals surface area contributed by atoms with Gasteiger partial charge < -0.3 is 42.6 Å². The molecule has 0 amide bonds. The van der Waals surface area contributed by atoms with Gasteiger partial charge in [0.1, 0.15) is 5.75 Å². The summed E-state index contributed by atoms with van der Waals surface area (Å²) in [6, 6.07) is 24.9. The van der Waals surface area contributed by atoms with E-state index in [1.54, 1.807) is 42.7 Å². The molecule has 11 heteroatoms. The fourth-order valence-electron chi connectivity index (χ4n) is 9.06. The van der Waals surface area contributed by atoms with Crippen LogP contribution in [0.2, 0.25) is 0 Å². The third-order valence-corrected chi connectivity index (χ3v) is 12.3. The summed E-state index contributed by atoms with van der Waals surface area (Å²) < 4.78 is 55.8. The second kappa shape index (κ2) is 17.9. The van der Waals surface area contributed by atoms with E-state index in [-0.39, 0.29) is 12.1 Å². The van der Waals surface area contributed by atoms with Crippen molar-refractivity contribution in [2.45, 2.75) is 50.8 Å². The summed E-state index contributed by atoms with van der Waals surface area (Å²) in [4.78, 5) is 4.81. The number of methoxy groups -OCH3 is 6. The van der Waals surface area contributed by atoms with Crippen LogP contribution in [0.25, 0.3) is 0 Å². The van der Waals surface area contributed by atoms with Gasteiger partial charge in [0.25, 0.3) is 0 Å². The molecule has 4 aliphatic rings. The number of fused-ring (bicyclic) bond motifs is 2. The monoisotopic (exact) mass is 816 g/mol. The summed E-state index contributed by atoms with van der Waals surface area (Å²) >= 11 is 0. The number of benzene rings is 5. The van der Waals surface area contributed by atoms with Crippen LogP contribution in [0.1, 0.15) is 56.6 Å². The van der Waals surface area contributed by atoms with Crippen LogP contribution in [-0.4, -0.2) is 86.3 Å². The number of hydrogen-bond donors (Lipinski definition) is 0. The number of ether oxygens (including phenoxy) is 9. The summed E-state index contributed by atoms with van der Waals surface area (Å²) in [5.41, 5.74) is 8.96. The first-order valence-corrected chi connectivity index (χ1v) is 20.6. The van der Waals surface area contributed by atoms with Gasteiger partial charge in [-0.3, -0.25) is 9.80 Å². The van der Waals surface area contributed by atoms with Gasteiger partial charge in [0.15, 0.2) is 46.0 Å². The molecular formula is C49H56N2O9. The Morgan fingerprint density at radius 2 is 1.27 bits per heavy atom. The van der Waals surface area contributed by atoms with Gasteiger partial charge in [-0.15, -0.1) is 0 Å². The van der Waals surface area contributed by atoms with Gasteiger partial charge >= 0.3 is 0 Å². The molecule has 0 aliphatic carbocycles. The Labute approximate surface area is 353 Å². The van der Waals surface area contributed by atoms with Crippen LogP contribution >= 0.6 is 0 Å². The van der Waals surface area contributed by atoms with Crippen molar-refractivity contribution in [1.82, 2.24) is 9.80 Å². The maximum absolute atomic E-state index is 7.25. The molecule has 0 saturated heterocycles. The Bertz CT molecular complexity index is 2330. The van der Waals surface area contributed by atoms with Crippen LogP contribution in [-0.2, 0) is 43.4 Å². The summed E-state index contributed by atoms with van der Waals surface area (Å²) in [6.45, 7) is 2.55. The van der Waals surface area contributed by atoms with Crippen molar-refractivity contribution in [1.29, 1.82) is 0 Å². The third kappa shape index (κ3) is 8.01. The SMILES string of the molecule is COc1ccc(CCOCc2c3c4c(c(OC)c2OC)Oc2cc5c(cc2OC)CCN(C)C5Cc2ccc(cc2)Oc2cc(ccc2OC)CC4N(C)CC3)cc1OC. The standard InChI is InChI=1S/C49H56N2O9/c1-50-20-17-33-27-43(55-6)45-28-36(33)38(50)23-30-9-13-34(14-10-30)59-44-26-32(12-16-41(44)53-4)24-39-46-35(18-21-51(39)2)37(47(56-7)49(57-8)48(46)60-45)29-58-22-19-31-11-15-40(52-3)42(25-31)54-5/h9-16,25-28,38-39H,17-24,29H2,1-8H3. The molecular weight excluding hydrogens is 761 g/mol. The molecule has 6 bridgehead atoms. The maximum atomic E-state index is 7.25. The van der Waals surface area contributed by atoms with Gasteiger partial charge in [-0.2, -0.15) is 0 Å². The molecule has 2 atom stereocenters. The topological polar surface area (TPSA) is 89.6 Å². The minimum atomic E-state index is -0.115. The van der Waals surface area contributed by atoms with Crippen molar-refractivity contribution in [3.8, 4) is 57.5 Å². The van der Waals surface area contributed by atoms with Crippen LogP contribution in [0, 0.1) is 0 Å². The molecule has 0 spiro atoms. The van der Waals surface area contributed by atoms with Gasteiger partial charge in [-0.05, 0) is 128 Å². The first-order valence-electron chi connectivity index (χ1n) is 20.6. The number of hydrogen-bond acceptors (Lipinski definition) is 11. The van der Waals surface area contributed by atoms with Crippen LogP contribution in [0.5, 0.6) is 57.5 Å². The molecule has 5 aromatic carbocycles. The predicted octanol–water partition coefficient (Wildman–Crippen LogP) is 8.94. The van der Waals surface area contributed by atoms with Crippen LogP contribution in [0.4, 0.5) is 0 Å². The van der Waals surface area contributed by atoms with Gasteiger partial charge in [-0.1, -0.05) is 24.3 Å². The minimum Gasteiger partial charge on any atom is -0.493 e. The molecule has 0 fully saturated rings. The second-order valence-corrected chi connectivity index (χ2v) is 15.7. The zero-order valence-corrected chi connectivity index (χ0v) is 36.0. The molecule has 9 rings (SSSR count). The van der Waals surface area contributed by atoms with Gasteiger partial charge in [0.05, 0.1) is 55.9 Å². The van der Waals surface area contributed by atoms with Gasteiger partial charge in [0.2, 0.25) is 5.75 Å². The lowest BCUT2D eigenvalue weighted by atomic mass is 9.84. The zero-order chi connectivity index (χ0) is 41.9. The lowest BCUT2D eigenvalue weighted by Gasteiger charge is -2.38. The summed E-state index contributed by atoms with van der Waals surface area (Å²) in [5.74, 6) is 6.48. The van der Waals surface area contributed by atoms with E-state index in [0.717, 1.165) is 65.9 Å². The lowest BCUT2D eigenvalue weighted by Crippen LogP contribution is -2.35. The van der Waals surface area contributed by atoms with Crippen molar-refractivity contribution in [3.63, 3.8) is 0 Å². The van der Waals surface area contributed by atoms with Crippen molar-refractivity contribution >= 4 is 0 Å². The first-order chi connectivity index (χ1) is 29.3. The highest BCUT2D eigenvalue weighted by atomic mass is 16.5. The van der Waals surface area contributed by atoms with Crippen molar-refractivity contribution in [2.24, 2.45) is 0 Å². The lowest BCUT2D eigenvalue weighted by molar-refractivity contribution is 0.119. The zero-order valence-electron chi connectivity index (χ0n) is 36.0. The van der Waals surface area contributed by atoms with Crippen LogP contribution in [0.15, 0.2) is 72.8 Å². The molecule has 316 valence electrons. The fourth-order valence-corrected chi connectivity index (χ4v) is 9.06. The van der Waals surface area contributed by atoms with Gasteiger partial charge in [0, 0.05) is 36.3 Å². The van der Waals surface area contributed by atoms with Crippen molar-refractivity contribution in [3.05, 3.63) is 117 Å². The Hall–Kier alpha value is -5.62. The highest BCUT2D eigenvalue weighted by Crippen LogP contribution is 2.54. The second-order valence-electron chi connectivity index (χ2n) is 15.7. The smallest absolute Gasteiger partial charge is 0.204 e. The van der Waals surface area contributed by atoms with Crippen LogP contribution in [0.3, 0.4) is 0 Å². The van der Waals surface area contributed by atoms with E-state index < -0.39 is 0 Å². The van der Waals surface area contributed by atoms with Crippen molar-refractivity contribution in [2.75, 3.05) is 76.5 Å². The number of likely N-dealkylation sites (N-methyl/N-ethyl adjacent to an activating group) is 2. The summed E-state index contributed by atoms with van der Waals surface area (Å²) in [5, 5.41) is 0. The molecule has 0 saturated carbocycles.